The van der Waals surface area contributed by atoms with Crippen molar-refractivity contribution in [2.24, 2.45) is 7.05 Å². The maximum Gasteiger partial charge on any atom is 0.284 e. The third-order valence-corrected chi connectivity index (χ3v) is 3.56. The Morgan fingerprint density at radius 1 is 1.64 bits per heavy atom. The lowest BCUT2D eigenvalue weighted by molar-refractivity contribution is -0.0262. The Labute approximate surface area is 82.1 Å². The molecule has 1 aromatic rings. The molecule has 2 N–H and O–H groups in total. The minimum Gasteiger partial charge on any atom is -0.381 e. The number of hydrogen-bond acceptors (Lipinski definition) is 5. The van der Waals surface area contributed by atoms with E-state index in [1.54, 1.807) is 7.05 Å². The molecule has 0 unspecified atom stereocenters. The number of aryl methyl sites for hydroxylation is 1. The van der Waals surface area contributed by atoms with Crippen molar-refractivity contribution in [2.45, 2.75) is 5.03 Å². The van der Waals surface area contributed by atoms with Crippen LogP contribution in [0.4, 0.5) is 5.82 Å². The van der Waals surface area contributed by atoms with E-state index in [2.05, 4.69) is 9.82 Å². The quantitative estimate of drug-likeness (QED) is 0.672. The number of anilines is 1. The monoisotopic (exact) mass is 220 g/mol. The molecule has 0 bridgehead atoms. The van der Waals surface area contributed by atoms with Crippen molar-refractivity contribution >= 4 is 15.8 Å². The zero-order chi connectivity index (χ0) is 10.9. The first-order valence-electron chi connectivity index (χ1n) is 3.71. The SMILES string of the molecule is CON(C)S(=O)(=O)c1c(N)ncn1C. The molecule has 0 aliphatic carbocycles. The number of nitrogens with zero attached hydrogens (tertiary/aromatic N) is 3. The molecule has 0 spiro atoms. The smallest absolute Gasteiger partial charge is 0.284 e. The number of hydrogen-bond donors (Lipinski definition) is 1. The van der Waals surface area contributed by atoms with Crippen molar-refractivity contribution in [1.29, 1.82) is 0 Å². The van der Waals surface area contributed by atoms with E-state index in [1.807, 2.05) is 0 Å². The summed E-state index contributed by atoms with van der Waals surface area (Å²) in [5, 5.41) is -0.0816. The molecule has 14 heavy (non-hydrogen) atoms. The molecule has 80 valence electrons. The van der Waals surface area contributed by atoms with Crippen molar-refractivity contribution in [3.8, 4) is 0 Å². The highest BCUT2D eigenvalue weighted by Gasteiger charge is 2.27. The number of imidazole rings is 1. The second kappa shape index (κ2) is 3.56. The van der Waals surface area contributed by atoms with Crippen LogP contribution in [0.15, 0.2) is 11.4 Å². The Hall–Kier alpha value is -1.12. The number of aromatic nitrogens is 2. The fraction of sp³-hybridized carbons (Fsp3) is 0.500. The molecule has 7 nitrogen and oxygen atoms in total. The fourth-order valence-corrected chi connectivity index (χ4v) is 2.14. The Morgan fingerprint density at radius 3 is 2.57 bits per heavy atom. The van der Waals surface area contributed by atoms with Gasteiger partial charge in [-0.25, -0.2) is 13.4 Å². The van der Waals surface area contributed by atoms with Crippen LogP contribution in [-0.4, -0.2) is 36.6 Å². The van der Waals surface area contributed by atoms with Gasteiger partial charge in [-0.2, -0.15) is 0 Å². The predicted molar refractivity (Wildman–Crippen MR) is 49.6 cm³/mol. The van der Waals surface area contributed by atoms with E-state index in [0.29, 0.717) is 0 Å². The number of nitrogen functional groups attached to an aromatic ring is 1. The van der Waals surface area contributed by atoms with E-state index in [0.717, 1.165) is 4.47 Å². The van der Waals surface area contributed by atoms with Crippen molar-refractivity contribution in [2.75, 3.05) is 19.9 Å². The van der Waals surface area contributed by atoms with E-state index in [4.69, 9.17) is 5.73 Å². The van der Waals surface area contributed by atoms with Crippen LogP contribution in [0.3, 0.4) is 0 Å². The summed E-state index contributed by atoms with van der Waals surface area (Å²) in [6.07, 6.45) is 1.33. The molecular formula is C6H12N4O3S. The van der Waals surface area contributed by atoms with Crippen LogP contribution in [0.5, 0.6) is 0 Å². The zero-order valence-electron chi connectivity index (χ0n) is 8.13. The van der Waals surface area contributed by atoms with Gasteiger partial charge in [-0.05, 0) is 0 Å². The van der Waals surface area contributed by atoms with E-state index in [9.17, 15) is 8.42 Å². The van der Waals surface area contributed by atoms with Gasteiger partial charge in [0.05, 0.1) is 13.4 Å². The first-order chi connectivity index (χ1) is 6.41. The standard InChI is InChI=1S/C6H12N4O3S/c1-9-4-8-5(7)6(9)14(11,12)10(2)13-3/h4H,7H2,1-3H3. The number of nitrogens with two attached hydrogens (primary N) is 1. The molecule has 0 saturated heterocycles. The molecule has 0 atom stereocenters. The second-order valence-corrected chi connectivity index (χ2v) is 4.49. The Balaban J connectivity index is 3.30. The largest absolute Gasteiger partial charge is 0.381 e. The molecule has 1 aromatic heterocycles. The highest BCUT2D eigenvalue weighted by molar-refractivity contribution is 7.89. The molecule has 0 aliphatic rings. The highest BCUT2D eigenvalue weighted by atomic mass is 32.2. The molecule has 0 saturated carbocycles. The summed E-state index contributed by atoms with van der Waals surface area (Å²) in [6, 6.07) is 0. The average molecular weight is 220 g/mol. The molecule has 1 heterocycles. The van der Waals surface area contributed by atoms with Crippen molar-refractivity contribution in [3.63, 3.8) is 0 Å². The van der Waals surface area contributed by atoms with Gasteiger partial charge >= 0.3 is 0 Å². The molecule has 0 aliphatic heterocycles. The summed E-state index contributed by atoms with van der Waals surface area (Å²) in [5.41, 5.74) is 5.43. The van der Waals surface area contributed by atoms with Crippen LogP contribution in [-0.2, 0) is 21.9 Å². The van der Waals surface area contributed by atoms with Gasteiger partial charge in [-0.15, -0.1) is 0 Å². The molecule has 0 fully saturated rings. The first-order valence-corrected chi connectivity index (χ1v) is 5.15. The predicted octanol–water partition coefficient (Wildman–Crippen LogP) is -0.816. The van der Waals surface area contributed by atoms with E-state index in [1.165, 1.54) is 25.1 Å². The summed E-state index contributed by atoms with van der Waals surface area (Å²) in [4.78, 5) is 8.28. The summed E-state index contributed by atoms with van der Waals surface area (Å²) in [7, 11) is 0.355. The lowest BCUT2D eigenvalue weighted by Crippen LogP contribution is -2.28. The van der Waals surface area contributed by atoms with Crippen LogP contribution in [0.1, 0.15) is 0 Å². The van der Waals surface area contributed by atoms with Crippen LogP contribution < -0.4 is 5.73 Å². The third-order valence-electron chi connectivity index (χ3n) is 1.75. The normalized spacial score (nSPS) is 12.3. The first kappa shape index (κ1) is 11.0. The Bertz CT molecular complexity index is 405. The minimum atomic E-state index is -3.72. The third kappa shape index (κ3) is 1.59. The number of hydroxylamine groups is 1. The van der Waals surface area contributed by atoms with Gasteiger partial charge in [0, 0.05) is 14.1 Å². The Kier molecular flexibility index (Phi) is 2.79. The molecular weight excluding hydrogens is 208 g/mol. The van der Waals surface area contributed by atoms with Crippen molar-refractivity contribution in [1.82, 2.24) is 14.0 Å². The average Bonchev–Trinajstić information content (AvgIpc) is 2.44. The van der Waals surface area contributed by atoms with E-state index < -0.39 is 10.0 Å². The van der Waals surface area contributed by atoms with E-state index in [-0.39, 0.29) is 10.8 Å². The number of rotatable bonds is 3. The van der Waals surface area contributed by atoms with Crippen molar-refractivity contribution < 1.29 is 13.3 Å². The zero-order valence-corrected chi connectivity index (χ0v) is 8.95. The van der Waals surface area contributed by atoms with Crippen LogP contribution in [0, 0.1) is 0 Å². The van der Waals surface area contributed by atoms with Gasteiger partial charge in [0.2, 0.25) is 0 Å². The number of sulfonamides is 1. The van der Waals surface area contributed by atoms with Gasteiger partial charge in [-0.3, -0.25) is 4.84 Å². The maximum absolute atomic E-state index is 11.7. The molecule has 8 heteroatoms. The summed E-state index contributed by atoms with van der Waals surface area (Å²) in [5.74, 6) is -0.0450. The fourth-order valence-electron chi connectivity index (χ4n) is 0.971. The van der Waals surface area contributed by atoms with Gasteiger partial charge in [0.1, 0.15) is 0 Å². The molecule has 0 amide bonds. The lowest BCUT2D eigenvalue weighted by Gasteiger charge is -2.14. The van der Waals surface area contributed by atoms with Crippen molar-refractivity contribution in [3.05, 3.63) is 6.33 Å². The molecule has 0 aromatic carbocycles. The summed E-state index contributed by atoms with van der Waals surface area (Å²) >= 11 is 0. The van der Waals surface area contributed by atoms with Crippen LogP contribution in [0.2, 0.25) is 0 Å². The lowest BCUT2D eigenvalue weighted by atomic mass is 10.8. The summed E-state index contributed by atoms with van der Waals surface area (Å²) in [6.45, 7) is 0. The highest BCUT2D eigenvalue weighted by Crippen LogP contribution is 2.18. The summed E-state index contributed by atoms with van der Waals surface area (Å²) < 4.78 is 25.5. The van der Waals surface area contributed by atoms with Gasteiger partial charge in [-0.1, -0.05) is 4.47 Å². The molecule has 0 radical (unpaired) electrons. The Morgan fingerprint density at radius 2 is 2.21 bits per heavy atom. The molecule has 1 rings (SSSR count). The van der Waals surface area contributed by atoms with Gasteiger partial charge in [0.15, 0.2) is 10.8 Å². The second-order valence-electron chi connectivity index (χ2n) is 2.64. The van der Waals surface area contributed by atoms with Crippen LogP contribution in [0.25, 0.3) is 0 Å². The minimum absolute atomic E-state index is 0.0450. The topological polar surface area (TPSA) is 90.4 Å². The van der Waals surface area contributed by atoms with Gasteiger partial charge in [0.25, 0.3) is 10.0 Å². The van der Waals surface area contributed by atoms with Crippen LogP contribution >= 0.6 is 0 Å². The maximum atomic E-state index is 11.7. The van der Waals surface area contributed by atoms with E-state index >= 15 is 0 Å². The van der Waals surface area contributed by atoms with Gasteiger partial charge < -0.3 is 10.3 Å².